The first-order valence-corrected chi connectivity index (χ1v) is 14.1. The van der Waals surface area contributed by atoms with Gasteiger partial charge in [0.2, 0.25) is 0 Å². The Morgan fingerprint density at radius 2 is 1.89 bits per heavy atom. The summed E-state index contributed by atoms with van der Waals surface area (Å²) in [7, 11) is 0. The van der Waals surface area contributed by atoms with E-state index >= 15 is 0 Å². The first kappa shape index (κ1) is 24.7. The minimum atomic E-state index is -0.916. The molecule has 0 radical (unpaired) electrons. The molecule has 5 nitrogen and oxygen atoms in total. The maximum Gasteiger partial charge on any atom is 0.335 e. The SMILES string of the molecule is CC1CCC(Oc2ccc(-c3csc(C(NCc4cccc(C(=O)O)c4)c4cccs4)n3)cc2)CC1. The summed E-state index contributed by atoms with van der Waals surface area (Å²) >= 11 is 3.32. The van der Waals surface area contributed by atoms with Crippen LogP contribution in [0.2, 0.25) is 0 Å². The van der Waals surface area contributed by atoms with Gasteiger partial charge < -0.3 is 9.84 Å². The van der Waals surface area contributed by atoms with E-state index in [1.54, 1.807) is 40.9 Å². The number of nitrogens with one attached hydrogen (secondary N) is 1. The third-order valence-electron chi connectivity index (χ3n) is 6.70. The van der Waals surface area contributed by atoms with Gasteiger partial charge in [-0.1, -0.05) is 25.1 Å². The molecule has 1 unspecified atom stereocenters. The Hall–Kier alpha value is -3.00. The summed E-state index contributed by atoms with van der Waals surface area (Å²) in [6, 6.07) is 19.4. The van der Waals surface area contributed by atoms with Gasteiger partial charge in [-0.2, -0.15) is 0 Å². The Morgan fingerprint density at radius 1 is 1.08 bits per heavy atom. The first-order valence-electron chi connectivity index (χ1n) is 12.4. The molecule has 4 aromatic rings. The van der Waals surface area contributed by atoms with Crippen LogP contribution in [0.3, 0.4) is 0 Å². The summed E-state index contributed by atoms with van der Waals surface area (Å²) in [5, 5.41) is 18.0. The lowest BCUT2D eigenvalue weighted by atomic mass is 9.89. The van der Waals surface area contributed by atoms with E-state index in [2.05, 4.69) is 53.3 Å². The minimum absolute atomic E-state index is 0.0615. The van der Waals surface area contributed by atoms with Gasteiger partial charge in [-0.15, -0.1) is 22.7 Å². The highest BCUT2D eigenvalue weighted by molar-refractivity contribution is 7.11. The van der Waals surface area contributed by atoms with Crippen LogP contribution >= 0.6 is 22.7 Å². The van der Waals surface area contributed by atoms with Crippen molar-refractivity contribution in [3.63, 3.8) is 0 Å². The van der Waals surface area contributed by atoms with Crippen molar-refractivity contribution >= 4 is 28.6 Å². The summed E-state index contributed by atoms with van der Waals surface area (Å²) < 4.78 is 6.22. The van der Waals surface area contributed by atoms with Gasteiger partial charge in [0.05, 0.1) is 23.4 Å². The van der Waals surface area contributed by atoms with Crippen LogP contribution in [0.1, 0.15) is 64.5 Å². The molecule has 1 aliphatic rings. The van der Waals surface area contributed by atoms with Crippen LogP contribution in [0.4, 0.5) is 0 Å². The van der Waals surface area contributed by atoms with Crippen LogP contribution in [-0.4, -0.2) is 22.2 Å². The molecular weight excluding hydrogens is 488 g/mol. The van der Waals surface area contributed by atoms with Crippen molar-refractivity contribution in [2.24, 2.45) is 5.92 Å². The van der Waals surface area contributed by atoms with Crippen LogP contribution in [0.5, 0.6) is 5.75 Å². The van der Waals surface area contributed by atoms with E-state index in [0.29, 0.717) is 18.2 Å². The van der Waals surface area contributed by atoms with Gasteiger partial charge >= 0.3 is 5.97 Å². The molecule has 1 fully saturated rings. The van der Waals surface area contributed by atoms with Crippen LogP contribution in [-0.2, 0) is 6.54 Å². The second-order valence-corrected chi connectivity index (χ2v) is 11.3. The van der Waals surface area contributed by atoms with Crippen molar-refractivity contribution < 1.29 is 14.6 Å². The maximum atomic E-state index is 11.3. The van der Waals surface area contributed by atoms with E-state index in [4.69, 9.17) is 9.72 Å². The van der Waals surface area contributed by atoms with E-state index in [9.17, 15) is 9.90 Å². The maximum absolute atomic E-state index is 11.3. The quantitative estimate of drug-likeness (QED) is 0.241. The van der Waals surface area contributed by atoms with Gasteiger partial charge in [-0.05, 0) is 85.0 Å². The number of carbonyl (C=O) groups is 1. The fourth-order valence-electron chi connectivity index (χ4n) is 4.60. The zero-order valence-corrected chi connectivity index (χ0v) is 21.9. The standard InChI is InChI=1S/C29H30N2O3S2/c1-19-7-11-23(12-8-19)34-24-13-9-21(10-14-24)25-18-36-28(31-25)27(26-6-3-15-35-26)30-17-20-4-2-5-22(16-20)29(32)33/h2-6,9-10,13-16,18-19,23,27,30H,7-8,11-12,17H2,1H3,(H,32,33). The zero-order valence-electron chi connectivity index (χ0n) is 20.2. The second kappa shape index (κ2) is 11.4. The van der Waals surface area contributed by atoms with Crippen LogP contribution in [0, 0.1) is 5.92 Å². The Kier molecular flexibility index (Phi) is 7.80. The van der Waals surface area contributed by atoms with Gasteiger partial charge in [0.15, 0.2) is 0 Å². The molecule has 2 aromatic carbocycles. The summed E-state index contributed by atoms with van der Waals surface area (Å²) in [6.45, 7) is 2.87. The van der Waals surface area contributed by atoms with E-state index in [1.165, 1.54) is 17.7 Å². The number of hydrogen-bond donors (Lipinski definition) is 2. The van der Waals surface area contributed by atoms with Gasteiger partial charge in [0.1, 0.15) is 10.8 Å². The molecule has 186 valence electrons. The van der Waals surface area contributed by atoms with Crippen molar-refractivity contribution in [3.8, 4) is 17.0 Å². The minimum Gasteiger partial charge on any atom is -0.490 e. The van der Waals surface area contributed by atoms with Crippen molar-refractivity contribution in [2.45, 2.75) is 51.3 Å². The number of hydrogen-bond acceptors (Lipinski definition) is 6. The molecule has 0 saturated heterocycles. The van der Waals surface area contributed by atoms with Crippen molar-refractivity contribution in [3.05, 3.63) is 92.4 Å². The summed E-state index contributed by atoms with van der Waals surface area (Å²) in [6.07, 6.45) is 5.09. The third-order valence-corrected chi connectivity index (χ3v) is 8.54. The first-order chi connectivity index (χ1) is 17.5. The number of carboxylic acids is 1. The van der Waals surface area contributed by atoms with E-state index in [1.807, 2.05) is 12.1 Å². The fraction of sp³-hybridized carbons (Fsp3) is 0.310. The average molecular weight is 519 g/mol. The number of aromatic carboxylic acids is 1. The molecule has 36 heavy (non-hydrogen) atoms. The summed E-state index contributed by atoms with van der Waals surface area (Å²) in [5.41, 5.74) is 3.24. The van der Waals surface area contributed by atoms with Gasteiger partial charge in [-0.25, -0.2) is 9.78 Å². The fourth-order valence-corrected chi connectivity index (χ4v) is 6.39. The molecule has 0 amide bonds. The van der Waals surface area contributed by atoms with Crippen LogP contribution < -0.4 is 10.1 Å². The van der Waals surface area contributed by atoms with Crippen molar-refractivity contribution in [1.82, 2.24) is 10.3 Å². The van der Waals surface area contributed by atoms with Gasteiger partial charge in [0.25, 0.3) is 0 Å². The second-order valence-electron chi connectivity index (χ2n) is 9.43. The Balaban J connectivity index is 1.29. The molecule has 1 saturated carbocycles. The van der Waals surface area contributed by atoms with E-state index in [-0.39, 0.29) is 6.04 Å². The predicted molar refractivity (Wildman–Crippen MR) is 146 cm³/mol. The lowest BCUT2D eigenvalue weighted by Gasteiger charge is -2.26. The number of ether oxygens (including phenoxy) is 1. The smallest absolute Gasteiger partial charge is 0.335 e. The molecule has 2 N–H and O–H groups in total. The summed E-state index contributed by atoms with van der Waals surface area (Å²) in [4.78, 5) is 17.5. The number of carboxylic acid groups (broad SMARTS) is 1. The number of rotatable bonds is 9. The van der Waals surface area contributed by atoms with Crippen molar-refractivity contribution in [1.29, 1.82) is 0 Å². The molecule has 1 aliphatic carbocycles. The molecule has 2 aromatic heterocycles. The highest BCUT2D eigenvalue weighted by Gasteiger charge is 2.21. The normalized spacial score (nSPS) is 18.6. The summed E-state index contributed by atoms with van der Waals surface area (Å²) in [5.74, 6) is 0.824. The number of aromatic nitrogens is 1. The number of nitrogens with zero attached hydrogens (tertiary/aromatic N) is 1. The Morgan fingerprint density at radius 3 is 2.61 bits per heavy atom. The largest absolute Gasteiger partial charge is 0.490 e. The Labute approximate surface area is 219 Å². The number of thiophene rings is 1. The molecular formula is C29H30N2O3S2. The molecule has 0 spiro atoms. The van der Waals surface area contributed by atoms with Crippen LogP contribution in [0.25, 0.3) is 11.3 Å². The monoisotopic (exact) mass is 518 g/mol. The van der Waals surface area contributed by atoms with Gasteiger partial charge in [0, 0.05) is 22.4 Å². The number of thiazole rings is 1. The topological polar surface area (TPSA) is 71.5 Å². The molecule has 0 aliphatic heterocycles. The zero-order chi connectivity index (χ0) is 24.9. The molecule has 2 heterocycles. The lowest BCUT2D eigenvalue weighted by molar-refractivity contribution is 0.0696. The molecule has 0 bridgehead atoms. The highest BCUT2D eigenvalue weighted by Crippen LogP contribution is 2.33. The molecule has 5 rings (SSSR count). The predicted octanol–water partition coefficient (Wildman–Crippen LogP) is 7.41. The van der Waals surface area contributed by atoms with Crippen molar-refractivity contribution in [2.75, 3.05) is 0 Å². The number of benzene rings is 2. The lowest BCUT2D eigenvalue weighted by Crippen LogP contribution is -2.22. The van der Waals surface area contributed by atoms with E-state index < -0.39 is 5.97 Å². The third kappa shape index (κ3) is 6.03. The van der Waals surface area contributed by atoms with Gasteiger partial charge in [-0.3, -0.25) is 5.32 Å². The van der Waals surface area contributed by atoms with Crippen LogP contribution in [0.15, 0.2) is 71.4 Å². The highest BCUT2D eigenvalue weighted by atomic mass is 32.1. The molecule has 1 atom stereocenters. The average Bonchev–Trinajstić information content (AvgIpc) is 3.60. The van der Waals surface area contributed by atoms with E-state index in [0.717, 1.165) is 46.3 Å². The molecule has 7 heteroatoms. The Bertz CT molecular complexity index is 1280.